The molecule has 4 heteroatoms. The summed E-state index contributed by atoms with van der Waals surface area (Å²) in [5, 5.41) is 11.8. The van der Waals surface area contributed by atoms with Crippen molar-refractivity contribution in [3.63, 3.8) is 0 Å². The molecule has 1 rings (SSSR count). The third-order valence-electron chi connectivity index (χ3n) is 1.80. The molecule has 0 fully saturated rings. The molecule has 0 atom stereocenters. The van der Waals surface area contributed by atoms with Gasteiger partial charge in [0.1, 0.15) is 5.75 Å². The number of hydrogen-bond acceptors (Lipinski definition) is 3. The van der Waals surface area contributed by atoms with Crippen LogP contribution in [0, 0.1) is 6.92 Å². The molecule has 0 saturated heterocycles. The summed E-state index contributed by atoms with van der Waals surface area (Å²) in [5.41, 5.74) is 7.16. The Labute approximate surface area is 76.4 Å². The number of nitrogens with one attached hydrogen (secondary N) is 1. The number of hydrogen-bond donors (Lipinski definition) is 3. The first-order valence-electron chi connectivity index (χ1n) is 3.88. The van der Waals surface area contributed by atoms with Crippen molar-refractivity contribution in [3.05, 3.63) is 17.7 Å². The molecule has 0 saturated carbocycles. The van der Waals surface area contributed by atoms with E-state index in [2.05, 4.69) is 5.32 Å². The first-order chi connectivity index (χ1) is 6.02. The van der Waals surface area contributed by atoms with Gasteiger partial charge in [-0.1, -0.05) is 0 Å². The smallest absolute Gasteiger partial charge is 0.221 e. The molecule has 1 aromatic carbocycles. The molecule has 4 N–H and O–H groups in total. The number of nitrogens with two attached hydrogens (primary N) is 1. The van der Waals surface area contributed by atoms with E-state index < -0.39 is 0 Å². The van der Waals surface area contributed by atoms with Crippen molar-refractivity contribution in [3.8, 4) is 5.75 Å². The highest BCUT2D eigenvalue weighted by Crippen LogP contribution is 2.29. The number of carbonyl (C=O) groups excluding carboxylic acids is 1. The van der Waals surface area contributed by atoms with Crippen molar-refractivity contribution in [2.75, 3.05) is 11.1 Å². The van der Waals surface area contributed by atoms with Gasteiger partial charge in [0.05, 0.1) is 11.4 Å². The third-order valence-corrected chi connectivity index (χ3v) is 1.80. The van der Waals surface area contributed by atoms with Crippen molar-refractivity contribution in [1.29, 1.82) is 0 Å². The molecule has 0 unspecified atom stereocenters. The third kappa shape index (κ3) is 1.90. The Kier molecular flexibility index (Phi) is 2.41. The van der Waals surface area contributed by atoms with Gasteiger partial charge in [-0.25, -0.2) is 0 Å². The summed E-state index contributed by atoms with van der Waals surface area (Å²) in [6.45, 7) is 3.09. The summed E-state index contributed by atoms with van der Waals surface area (Å²) in [5.74, 6) is -0.0524. The molecule has 0 aliphatic carbocycles. The highest BCUT2D eigenvalue weighted by molar-refractivity contribution is 5.93. The molecule has 0 radical (unpaired) electrons. The van der Waals surface area contributed by atoms with Crippen LogP contribution in [-0.2, 0) is 4.79 Å². The van der Waals surface area contributed by atoms with Gasteiger partial charge in [0.25, 0.3) is 0 Å². The Hall–Kier alpha value is -1.71. The van der Waals surface area contributed by atoms with Crippen molar-refractivity contribution in [1.82, 2.24) is 0 Å². The number of carbonyl (C=O) groups is 1. The van der Waals surface area contributed by atoms with Crippen molar-refractivity contribution >= 4 is 17.3 Å². The molecular weight excluding hydrogens is 168 g/mol. The first kappa shape index (κ1) is 9.38. The lowest BCUT2D eigenvalue weighted by Crippen LogP contribution is -2.08. The van der Waals surface area contributed by atoms with Crippen LogP contribution in [0.5, 0.6) is 5.75 Å². The maximum absolute atomic E-state index is 10.7. The molecular formula is C9H12N2O2. The van der Waals surface area contributed by atoms with Gasteiger partial charge in [0, 0.05) is 12.5 Å². The SMILES string of the molecule is CC(=O)Nc1ccc(O)c(C)c1N. The topological polar surface area (TPSA) is 75.3 Å². The average Bonchev–Trinajstić information content (AvgIpc) is 2.06. The second-order valence-electron chi connectivity index (χ2n) is 2.85. The Bertz CT molecular complexity index is 348. The predicted molar refractivity (Wildman–Crippen MR) is 51.6 cm³/mol. The van der Waals surface area contributed by atoms with Crippen molar-refractivity contribution in [2.45, 2.75) is 13.8 Å². The predicted octanol–water partition coefficient (Wildman–Crippen LogP) is 1.24. The number of rotatable bonds is 1. The molecule has 1 amide bonds. The Morgan fingerprint density at radius 2 is 2.15 bits per heavy atom. The van der Waals surface area contributed by atoms with E-state index in [-0.39, 0.29) is 11.7 Å². The molecule has 0 spiro atoms. The monoisotopic (exact) mass is 180 g/mol. The van der Waals surface area contributed by atoms with E-state index in [1.165, 1.54) is 13.0 Å². The summed E-state index contributed by atoms with van der Waals surface area (Å²) >= 11 is 0. The average molecular weight is 180 g/mol. The second kappa shape index (κ2) is 3.35. The minimum Gasteiger partial charge on any atom is -0.508 e. The van der Waals surface area contributed by atoms with Crippen molar-refractivity contribution < 1.29 is 9.90 Å². The molecule has 0 bridgehead atoms. The van der Waals surface area contributed by atoms with Gasteiger partial charge in [0.15, 0.2) is 0 Å². The van der Waals surface area contributed by atoms with E-state index in [0.717, 1.165) is 0 Å². The molecule has 0 aliphatic heterocycles. The zero-order chi connectivity index (χ0) is 10.0. The Balaban J connectivity index is 3.10. The van der Waals surface area contributed by atoms with Gasteiger partial charge in [-0.15, -0.1) is 0 Å². The Morgan fingerprint density at radius 3 is 2.69 bits per heavy atom. The van der Waals surface area contributed by atoms with Crippen LogP contribution in [0.3, 0.4) is 0 Å². The molecule has 13 heavy (non-hydrogen) atoms. The second-order valence-corrected chi connectivity index (χ2v) is 2.85. The van der Waals surface area contributed by atoms with Crippen LogP contribution in [0.25, 0.3) is 0 Å². The summed E-state index contributed by atoms with van der Waals surface area (Å²) in [6, 6.07) is 3.07. The van der Waals surface area contributed by atoms with Crippen LogP contribution in [-0.4, -0.2) is 11.0 Å². The number of amides is 1. The molecule has 0 heterocycles. The molecule has 1 aromatic rings. The van der Waals surface area contributed by atoms with E-state index in [1.54, 1.807) is 13.0 Å². The number of aromatic hydroxyl groups is 1. The number of phenolic OH excluding ortho intramolecular Hbond substituents is 1. The van der Waals surface area contributed by atoms with Crippen LogP contribution < -0.4 is 11.1 Å². The van der Waals surface area contributed by atoms with Crippen LogP contribution in [0.4, 0.5) is 11.4 Å². The fourth-order valence-electron chi connectivity index (χ4n) is 1.02. The van der Waals surface area contributed by atoms with E-state index in [4.69, 9.17) is 5.73 Å². The lowest BCUT2D eigenvalue weighted by molar-refractivity contribution is -0.114. The maximum Gasteiger partial charge on any atom is 0.221 e. The minimum atomic E-state index is -0.184. The largest absolute Gasteiger partial charge is 0.508 e. The molecule has 0 aliphatic rings. The van der Waals surface area contributed by atoms with E-state index >= 15 is 0 Å². The van der Waals surface area contributed by atoms with E-state index in [0.29, 0.717) is 16.9 Å². The van der Waals surface area contributed by atoms with Gasteiger partial charge in [-0.2, -0.15) is 0 Å². The quantitative estimate of drug-likeness (QED) is 0.449. The summed E-state index contributed by atoms with van der Waals surface area (Å²) in [6.07, 6.45) is 0. The highest BCUT2D eigenvalue weighted by Gasteiger charge is 2.06. The van der Waals surface area contributed by atoms with Gasteiger partial charge in [-0.05, 0) is 19.1 Å². The van der Waals surface area contributed by atoms with Crippen LogP contribution in [0.2, 0.25) is 0 Å². The number of nitrogen functional groups attached to an aromatic ring is 1. The van der Waals surface area contributed by atoms with Crippen LogP contribution in [0.1, 0.15) is 12.5 Å². The zero-order valence-electron chi connectivity index (χ0n) is 7.59. The van der Waals surface area contributed by atoms with Crippen molar-refractivity contribution in [2.24, 2.45) is 0 Å². The van der Waals surface area contributed by atoms with Crippen LogP contribution >= 0.6 is 0 Å². The van der Waals surface area contributed by atoms with Gasteiger partial charge in [-0.3, -0.25) is 4.79 Å². The van der Waals surface area contributed by atoms with E-state index in [9.17, 15) is 9.90 Å². The zero-order valence-corrected chi connectivity index (χ0v) is 7.59. The fourth-order valence-corrected chi connectivity index (χ4v) is 1.02. The lowest BCUT2D eigenvalue weighted by atomic mass is 10.1. The normalized spacial score (nSPS) is 9.69. The molecule has 0 aromatic heterocycles. The standard InChI is InChI=1S/C9H12N2O2/c1-5-8(13)4-3-7(9(5)10)11-6(2)12/h3-4,13H,10H2,1-2H3,(H,11,12). The van der Waals surface area contributed by atoms with Crippen LogP contribution in [0.15, 0.2) is 12.1 Å². The first-order valence-corrected chi connectivity index (χ1v) is 3.88. The molecule has 4 nitrogen and oxygen atoms in total. The fraction of sp³-hybridized carbons (Fsp3) is 0.222. The number of benzene rings is 1. The van der Waals surface area contributed by atoms with Gasteiger partial charge in [0.2, 0.25) is 5.91 Å². The highest BCUT2D eigenvalue weighted by atomic mass is 16.3. The maximum atomic E-state index is 10.7. The summed E-state index contributed by atoms with van der Waals surface area (Å²) in [7, 11) is 0. The number of phenols is 1. The Morgan fingerprint density at radius 1 is 1.54 bits per heavy atom. The van der Waals surface area contributed by atoms with Gasteiger partial charge >= 0.3 is 0 Å². The summed E-state index contributed by atoms with van der Waals surface area (Å²) < 4.78 is 0. The lowest BCUT2D eigenvalue weighted by Gasteiger charge is -2.09. The van der Waals surface area contributed by atoms with E-state index in [1.807, 2.05) is 0 Å². The number of anilines is 2. The molecule has 70 valence electrons. The van der Waals surface area contributed by atoms with Gasteiger partial charge < -0.3 is 16.2 Å². The minimum absolute atomic E-state index is 0.131. The summed E-state index contributed by atoms with van der Waals surface area (Å²) in [4.78, 5) is 10.7.